The number of hydrogen-bond acceptors (Lipinski definition) is 1. The van der Waals surface area contributed by atoms with Gasteiger partial charge >= 0.3 is 0 Å². The van der Waals surface area contributed by atoms with E-state index < -0.39 is 0 Å². The highest BCUT2D eigenvalue weighted by molar-refractivity contribution is 4.91. The van der Waals surface area contributed by atoms with Gasteiger partial charge in [-0.1, -0.05) is 25.7 Å². The molecule has 88 valence electrons. The van der Waals surface area contributed by atoms with E-state index in [0.29, 0.717) is 11.6 Å². The van der Waals surface area contributed by atoms with Gasteiger partial charge in [-0.05, 0) is 51.9 Å². The first kappa shape index (κ1) is 11.4. The molecule has 15 heavy (non-hydrogen) atoms. The third-order valence-corrected chi connectivity index (χ3v) is 4.38. The first-order valence-electron chi connectivity index (χ1n) is 6.85. The molecule has 2 fully saturated rings. The Labute approximate surface area is 95.0 Å². The van der Waals surface area contributed by atoms with Crippen molar-refractivity contribution in [3.05, 3.63) is 0 Å². The first-order chi connectivity index (χ1) is 7.08. The molecule has 0 aromatic rings. The van der Waals surface area contributed by atoms with E-state index in [1.165, 1.54) is 44.9 Å². The summed E-state index contributed by atoms with van der Waals surface area (Å²) in [6.07, 6.45) is 10.1. The molecule has 0 spiro atoms. The van der Waals surface area contributed by atoms with Crippen molar-refractivity contribution in [2.75, 3.05) is 0 Å². The molecule has 1 nitrogen and oxygen atoms in total. The van der Waals surface area contributed by atoms with Gasteiger partial charge in [0, 0.05) is 11.6 Å². The van der Waals surface area contributed by atoms with Crippen molar-refractivity contribution in [3.63, 3.8) is 0 Å². The van der Waals surface area contributed by atoms with E-state index in [4.69, 9.17) is 0 Å². The Kier molecular flexibility index (Phi) is 3.39. The third-order valence-electron chi connectivity index (χ3n) is 4.38. The van der Waals surface area contributed by atoms with Crippen molar-refractivity contribution in [1.82, 2.24) is 5.32 Å². The Morgan fingerprint density at radius 1 is 1.13 bits per heavy atom. The van der Waals surface area contributed by atoms with Gasteiger partial charge < -0.3 is 5.32 Å². The molecule has 0 bridgehead atoms. The second kappa shape index (κ2) is 4.45. The van der Waals surface area contributed by atoms with Gasteiger partial charge in [-0.15, -0.1) is 0 Å². The molecular weight excluding hydrogens is 182 g/mol. The maximum Gasteiger partial charge on any atom is 0.0155 e. The van der Waals surface area contributed by atoms with Crippen LogP contribution < -0.4 is 5.32 Å². The van der Waals surface area contributed by atoms with E-state index in [0.717, 1.165) is 11.8 Å². The largest absolute Gasteiger partial charge is 0.309 e. The van der Waals surface area contributed by atoms with Crippen LogP contribution in [0.2, 0.25) is 0 Å². The molecule has 1 N–H and O–H groups in total. The van der Waals surface area contributed by atoms with Crippen molar-refractivity contribution >= 4 is 0 Å². The van der Waals surface area contributed by atoms with Crippen LogP contribution in [0.4, 0.5) is 0 Å². The van der Waals surface area contributed by atoms with Gasteiger partial charge in [0.15, 0.2) is 0 Å². The lowest BCUT2D eigenvalue weighted by atomic mass is 9.85. The fourth-order valence-corrected chi connectivity index (χ4v) is 3.31. The van der Waals surface area contributed by atoms with Crippen molar-refractivity contribution in [1.29, 1.82) is 0 Å². The zero-order valence-electron chi connectivity index (χ0n) is 10.7. The predicted molar refractivity (Wildman–Crippen MR) is 66.0 cm³/mol. The fraction of sp³-hybridized carbons (Fsp3) is 1.00. The Balaban J connectivity index is 1.78. The van der Waals surface area contributed by atoms with Crippen LogP contribution in [-0.4, -0.2) is 11.6 Å². The molecule has 1 heteroatoms. The summed E-state index contributed by atoms with van der Waals surface area (Å²) >= 11 is 0. The summed E-state index contributed by atoms with van der Waals surface area (Å²) in [6.45, 7) is 7.19. The highest BCUT2D eigenvalue weighted by Gasteiger charge is 2.33. The summed E-state index contributed by atoms with van der Waals surface area (Å²) in [5, 5.41) is 3.87. The van der Waals surface area contributed by atoms with Gasteiger partial charge in [-0.2, -0.15) is 0 Å². The SMILES string of the molecule is CC(CC1CC1)NC(C)(C)C1CCCC1. The summed E-state index contributed by atoms with van der Waals surface area (Å²) in [5.41, 5.74) is 0.366. The summed E-state index contributed by atoms with van der Waals surface area (Å²) in [6, 6.07) is 0.716. The van der Waals surface area contributed by atoms with Crippen LogP contribution in [0.1, 0.15) is 65.7 Å². The first-order valence-corrected chi connectivity index (χ1v) is 6.85. The van der Waals surface area contributed by atoms with Gasteiger partial charge in [0.1, 0.15) is 0 Å². The quantitative estimate of drug-likeness (QED) is 0.727. The Hall–Kier alpha value is -0.0400. The summed E-state index contributed by atoms with van der Waals surface area (Å²) in [7, 11) is 0. The van der Waals surface area contributed by atoms with Crippen LogP contribution in [0.25, 0.3) is 0 Å². The molecular formula is C14H27N. The standard InChI is InChI=1S/C14H27N/c1-11(10-12-8-9-12)15-14(2,3)13-6-4-5-7-13/h11-13,15H,4-10H2,1-3H3. The van der Waals surface area contributed by atoms with E-state index in [-0.39, 0.29) is 0 Å². The van der Waals surface area contributed by atoms with Gasteiger partial charge in [0.2, 0.25) is 0 Å². The highest BCUT2D eigenvalue weighted by atomic mass is 15.0. The van der Waals surface area contributed by atoms with Gasteiger partial charge in [0.25, 0.3) is 0 Å². The minimum atomic E-state index is 0.366. The van der Waals surface area contributed by atoms with Crippen LogP contribution in [-0.2, 0) is 0 Å². The van der Waals surface area contributed by atoms with Crippen molar-refractivity contribution in [2.45, 2.75) is 77.3 Å². The van der Waals surface area contributed by atoms with Gasteiger partial charge in [-0.25, -0.2) is 0 Å². The molecule has 2 rings (SSSR count). The topological polar surface area (TPSA) is 12.0 Å². The Morgan fingerprint density at radius 2 is 1.73 bits per heavy atom. The fourth-order valence-electron chi connectivity index (χ4n) is 3.31. The van der Waals surface area contributed by atoms with E-state index in [1.807, 2.05) is 0 Å². The van der Waals surface area contributed by atoms with Gasteiger partial charge in [0.05, 0.1) is 0 Å². The predicted octanol–water partition coefficient (Wildman–Crippen LogP) is 3.73. The lowest BCUT2D eigenvalue weighted by Crippen LogP contribution is -2.49. The van der Waals surface area contributed by atoms with Crippen LogP contribution in [0.15, 0.2) is 0 Å². The van der Waals surface area contributed by atoms with Crippen molar-refractivity contribution in [3.8, 4) is 0 Å². The van der Waals surface area contributed by atoms with E-state index in [2.05, 4.69) is 26.1 Å². The monoisotopic (exact) mass is 209 g/mol. The molecule has 0 radical (unpaired) electrons. The zero-order chi connectivity index (χ0) is 10.9. The normalized spacial score (nSPS) is 25.8. The molecule has 1 atom stereocenters. The average molecular weight is 209 g/mol. The maximum absolute atomic E-state index is 3.87. The van der Waals surface area contributed by atoms with Crippen molar-refractivity contribution in [2.24, 2.45) is 11.8 Å². The lowest BCUT2D eigenvalue weighted by Gasteiger charge is -2.36. The zero-order valence-corrected chi connectivity index (χ0v) is 10.7. The molecule has 2 aliphatic carbocycles. The highest BCUT2D eigenvalue weighted by Crippen LogP contribution is 2.36. The summed E-state index contributed by atoms with van der Waals surface area (Å²) in [4.78, 5) is 0. The molecule has 0 amide bonds. The Morgan fingerprint density at radius 3 is 2.27 bits per heavy atom. The van der Waals surface area contributed by atoms with Gasteiger partial charge in [-0.3, -0.25) is 0 Å². The molecule has 0 saturated heterocycles. The maximum atomic E-state index is 3.87. The van der Waals surface area contributed by atoms with E-state index in [1.54, 1.807) is 0 Å². The second-order valence-corrected chi connectivity index (χ2v) is 6.43. The third kappa shape index (κ3) is 3.21. The van der Waals surface area contributed by atoms with Crippen LogP contribution >= 0.6 is 0 Å². The molecule has 2 saturated carbocycles. The minimum Gasteiger partial charge on any atom is -0.309 e. The number of nitrogens with one attached hydrogen (secondary N) is 1. The van der Waals surface area contributed by atoms with Crippen LogP contribution in [0.3, 0.4) is 0 Å². The Bertz CT molecular complexity index is 199. The minimum absolute atomic E-state index is 0.366. The van der Waals surface area contributed by atoms with Crippen LogP contribution in [0.5, 0.6) is 0 Å². The number of rotatable bonds is 5. The molecule has 0 aromatic carbocycles. The smallest absolute Gasteiger partial charge is 0.0155 e. The van der Waals surface area contributed by atoms with Crippen LogP contribution in [0, 0.1) is 11.8 Å². The molecule has 0 heterocycles. The van der Waals surface area contributed by atoms with E-state index >= 15 is 0 Å². The molecule has 0 aromatic heterocycles. The second-order valence-electron chi connectivity index (χ2n) is 6.43. The summed E-state index contributed by atoms with van der Waals surface area (Å²) < 4.78 is 0. The molecule has 0 aliphatic heterocycles. The number of hydrogen-bond donors (Lipinski definition) is 1. The lowest BCUT2D eigenvalue weighted by molar-refractivity contribution is 0.226. The van der Waals surface area contributed by atoms with Crippen molar-refractivity contribution < 1.29 is 0 Å². The molecule has 1 unspecified atom stereocenters. The average Bonchev–Trinajstić information content (AvgIpc) is 2.79. The van der Waals surface area contributed by atoms with E-state index in [9.17, 15) is 0 Å². The summed E-state index contributed by atoms with van der Waals surface area (Å²) in [5.74, 6) is 1.96. The molecule has 2 aliphatic rings.